The SMILES string of the molecule is CCN=CC(=CN)CC1(O)CCN(C(=O)c2ccc(NSc3cccc4nccnc34)cc2)CC1. The largest absolute Gasteiger partial charge is 0.404 e. The molecule has 3 aromatic rings. The maximum atomic E-state index is 13.0. The number of hydrogen-bond acceptors (Lipinski definition) is 8. The molecule has 0 aliphatic carbocycles. The maximum absolute atomic E-state index is 13.0. The van der Waals surface area contributed by atoms with Crippen LogP contribution in [0.2, 0.25) is 0 Å². The number of aromatic nitrogens is 2. The van der Waals surface area contributed by atoms with Crippen LogP contribution in [0.15, 0.2) is 76.5 Å². The van der Waals surface area contributed by atoms with Gasteiger partial charge >= 0.3 is 0 Å². The third-order valence-corrected chi connectivity index (χ3v) is 6.93. The summed E-state index contributed by atoms with van der Waals surface area (Å²) in [6.45, 7) is 3.61. The second-order valence-electron chi connectivity index (χ2n) is 8.52. The standard InChI is InChI=1S/C26H30N6O2S/c1-2-28-18-19(17-27)16-26(34)10-14-32(15-11-26)25(33)20-6-8-21(9-7-20)31-35-23-5-3-4-22-24(23)30-13-12-29-22/h3-9,12-13,17-18,31,34H,2,10-11,14-16,27H2,1H3. The second-order valence-corrected chi connectivity index (χ2v) is 9.37. The van der Waals surface area contributed by atoms with Gasteiger partial charge in [-0.3, -0.25) is 19.8 Å². The molecule has 182 valence electrons. The average molecular weight is 491 g/mol. The van der Waals surface area contributed by atoms with Crippen LogP contribution in [0.4, 0.5) is 5.69 Å². The van der Waals surface area contributed by atoms with Crippen molar-refractivity contribution < 1.29 is 9.90 Å². The Kier molecular flexibility index (Phi) is 7.99. The summed E-state index contributed by atoms with van der Waals surface area (Å²) >= 11 is 1.46. The zero-order chi connectivity index (χ0) is 24.7. The number of nitrogens with two attached hydrogens (primary N) is 1. The van der Waals surface area contributed by atoms with Gasteiger partial charge in [-0.1, -0.05) is 6.07 Å². The fourth-order valence-corrected chi connectivity index (χ4v) is 4.83. The number of nitrogens with zero attached hydrogens (tertiary/aromatic N) is 4. The molecule has 0 radical (unpaired) electrons. The van der Waals surface area contributed by atoms with Gasteiger partial charge in [-0.15, -0.1) is 0 Å². The Hall–Kier alpha value is -3.43. The van der Waals surface area contributed by atoms with E-state index in [1.807, 2.05) is 49.4 Å². The van der Waals surface area contributed by atoms with E-state index in [4.69, 9.17) is 5.73 Å². The van der Waals surface area contributed by atoms with Gasteiger partial charge in [0, 0.05) is 55.9 Å². The summed E-state index contributed by atoms with van der Waals surface area (Å²) in [7, 11) is 0. The first kappa shape index (κ1) is 24.7. The highest BCUT2D eigenvalue weighted by molar-refractivity contribution is 8.00. The monoisotopic (exact) mass is 490 g/mol. The molecule has 0 unspecified atom stereocenters. The Balaban J connectivity index is 1.32. The van der Waals surface area contributed by atoms with Crippen molar-refractivity contribution in [2.45, 2.75) is 36.7 Å². The highest BCUT2D eigenvalue weighted by Gasteiger charge is 2.34. The van der Waals surface area contributed by atoms with E-state index in [1.54, 1.807) is 23.5 Å². The van der Waals surface area contributed by atoms with Crippen LogP contribution >= 0.6 is 11.9 Å². The van der Waals surface area contributed by atoms with E-state index in [0.717, 1.165) is 27.2 Å². The number of hydrogen-bond donors (Lipinski definition) is 3. The number of carbonyl (C=O) groups excluding carboxylic acids is 1. The van der Waals surface area contributed by atoms with Crippen LogP contribution in [0, 0.1) is 0 Å². The van der Waals surface area contributed by atoms with Crippen LogP contribution in [-0.2, 0) is 0 Å². The van der Waals surface area contributed by atoms with E-state index >= 15 is 0 Å². The highest BCUT2D eigenvalue weighted by Crippen LogP contribution is 2.30. The first-order valence-electron chi connectivity index (χ1n) is 11.7. The number of para-hydroxylation sites is 1. The van der Waals surface area contributed by atoms with E-state index in [-0.39, 0.29) is 5.91 Å². The molecule has 4 N–H and O–H groups in total. The molecule has 1 fully saturated rings. The molecule has 35 heavy (non-hydrogen) atoms. The lowest BCUT2D eigenvalue weighted by atomic mass is 9.85. The third-order valence-electron chi connectivity index (χ3n) is 6.04. The predicted octanol–water partition coefficient (Wildman–Crippen LogP) is 4.04. The first-order valence-corrected chi connectivity index (χ1v) is 12.5. The summed E-state index contributed by atoms with van der Waals surface area (Å²) in [6.07, 6.45) is 8.02. The summed E-state index contributed by atoms with van der Waals surface area (Å²) in [5, 5.41) is 11.0. The lowest BCUT2D eigenvalue weighted by molar-refractivity contribution is -0.0152. The molecular formula is C26H30N6O2S. The van der Waals surface area contributed by atoms with Crippen molar-refractivity contribution in [3.63, 3.8) is 0 Å². The summed E-state index contributed by atoms with van der Waals surface area (Å²) < 4.78 is 3.31. The molecule has 0 atom stereocenters. The van der Waals surface area contributed by atoms with Crippen molar-refractivity contribution in [3.05, 3.63) is 72.2 Å². The second kappa shape index (κ2) is 11.3. The van der Waals surface area contributed by atoms with Crippen LogP contribution < -0.4 is 10.5 Å². The van der Waals surface area contributed by atoms with Gasteiger partial charge in [-0.25, -0.2) is 0 Å². The summed E-state index contributed by atoms with van der Waals surface area (Å²) in [5.41, 5.74) is 8.82. The topological polar surface area (TPSA) is 117 Å². The number of carbonyl (C=O) groups is 1. The Bertz CT molecular complexity index is 1210. The molecule has 8 nitrogen and oxygen atoms in total. The number of piperidine rings is 1. The number of benzene rings is 2. The number of fused-ring (bicyclic) bond motifs is 1. The van der Waals surface area contributed by atoms with Gasteiger partial charge in [0.1, 0.15) is 5.52 Å². The van der Waals surface area contributed by atoms with Gasteiger partial charge in [-0.05, 0) is 79.9 Å². The molecule has 0 spiro atoms. The minimum absolute atomic E-state index is 0.0299. The Morgan fingerprint density at radius 1 is 1.20 bits per heavy atom. The van der Waals surface area contributed by atoms with Gasteiger partial charge in [0.25, 0.3) is 5.91 Å². The van der Waals surface area contributed by atoms with Crippen molar-refractivity contribution in [2.75, 3.05) is 24.4 Å². The quantitative estimate of drug-likeness (QED) is 0.322. The van der Waals surface area contributed by atoms with Crippen LogP contribution in [0.25, 0.3) is 11.0 Å². The molecule has 0 bridgehead atoms. The third kappa shape index (κ3) is 6.17. The van der Waals surface area contributed by atoms with Crippen molar-refractivity contribution in [2.24, 2.45) is 10.7 Å². The Morgan fingerprint density at radius 3 is 2.66 bits per heavy atom. The predicted molar refractivity (Wildman–Crippen MR) is 141 cm³/mol. The molecule has 1 aromatic heterocycles. The van der Waals surface area contributed by atoms with E-state index in [1.165, 1.54) is 18.1 Å². The molecule has 9 heteroatoms. The normalized spacial score (nSPS) is 16.1. The van der Waals surface area contributed by atoms with Crippen LogP contribution in [-0.4, -0.2) is 57.3 Å². The number of likely N-dealkylation sites (tertiary alicyclic amines) is 1. The van der Waals surface area contributed by atoms with Crippen molar-refractivity contribution >= 4 is 40.8 Å². The lowest BCUT2D eigenvalue weighted by Crippen LogP contribution is -2.47. The van der Waals surface area contributed by atoms with Gasteiger partial charge in [-0.2, -0.15) is 0 Å². The van der Waals surface area contributed by atoms with Gasteiger partial charge in [0.05, 0.1) is 16.0 Å². The average Bonchev–Trinajstić information content (AvgIpc) is 2.90. The number of amides is 1. The highest BCUT2D eigenvalue weighted by atomic mass is 32.2. The number of nitrogens with one attached hydrogen (secondary N) is 1. The Labute approximate surface area is 209 Å². The van der Waals surface area contributed by atoms with Crippen LogP contribution in [0.5, 0.6) is 0 Å². The Morgan fingerprint density at radius 2 is 1.94 bits per heavy atom. The van der Waals surface area contributed by atoms with Gasteiger partial charge in [0.2, 0.25) is 0 Å². The van der Waals surface area contributed by atoms with E-state index in [0.29, 0.717) is 44.5 Å². The van der Waals surface area contributed by atoms with E-state index in [2.05, 4.69) is 19.7 Å². The fraction of sp³-hybridized carbons (Fsp3) is 0.308. The number of aliphatic imine (C=N–C) groups is 1. The first-order chi connectivity index (χ1) is 17.0. The van der Waals surface area contributed by atoms with Crippen molar-refractivity contribution in [3.8, 4) is 0 Å². The summed E-state index contributed by atoms with van der Waals surface area (Å²) in [4.78, 5) is 28.8. The van der Waals surface area contributed by atoms with Crippen LogP contribution in [0.3, 0.4) is 0 Å². The van der Waals surface area contributed by atoms with Crippen molar-refractivity contribution in [1.82, 2.24) is 14.9 Å². The van der Waals surface area contributed by atoms with E-state index < -0.39 is 5.60 Å². The zero-order valence-electron chi connectivity index (χ0n) is 19.7. The van der Waals surface area contributed by atoms with E-state index in [9.17, 15) is 9.90 Å². The number of anilines is 1. The molecule has 1 amide bonds. The molecule has 1 aliphatic rings. The van der Waals surface area contributed by atoms with Gasteiger partial charge < -0.3 is 20.5 Å². The fourth-order valence-electron chi connectivity index (χ4n) is 4.06. The number of aliphatic hydroxyl groups is 1. The zero-order valence-corrected chi connectivity index (χ0v) is 20.5. The smallest absolute Gasteiger partial charge is 0.253 e. The summed E-state index contributed by atoms with van der Waals surface area (Å²) in [6, 6.07) is 13.3. The minimum Gasteiger partial charge on any atom is -0.404 e. The van der Waals surface area contributed by atoms with Gasteiger partial charge in [0.15, 0.2) is 0 Å². The molecule has 1 aliphatic heterocycles. The molecule has 2 heterocycles. The van der Waals surface area contributed by atoms with Crippen LogP contribution in [0.1, 0.15) is 36.5 Å². The lowest BCUT2D eigenvalue weighted by Gasteiger charge is -2.38. The molecule has 0 saturated carbocycles. The molecule has 4 rings (SSSR count). The maximum Gasteiger partial charge on any atom is 0.253 e. The minimum atomic E-state index is -0.876. The molecule has 1 saturated heterocycles. The van der Waals surface area contributed by atoms with Crippen molar-refractivity contribution in [1.29, 1.82) is 0 Å². The molecular weight excluding hydrogens is 460 g/mol. The number of rotatable bonds is 8. The summed E-state index contributed by atoms with van der Waals surface area (Å²) in [5.74, 6) is -0.0299. The molecule has 2 aromatic carbocycles.